The molecule has 0 rings (SSSR count). The average Bonchev–Trinajstić information content (AvgIpc) is 0.722. The first kappa shape index (κ1) is 10.7. The fourth-order valence-electron chi connectivity index (χ4n) is 0. The molecule has 1 N–H and O–H groups in total. The van der Waals surface area contributed by atoms with Crippen molar-refractivity contribution < 1.29 is 9.46 Å². The molecule has 34 valence electrons. The molecule has 0 aliphatic carbocycles. The van der Waals surface area contributed by atoms with Crippen molar-refractivity contribution in [3.05, 3.63) is 0 Å². The Morgan fingerprint density at radius 2 is 1.50 bits per heavy atom. The Hall–Kier alpha value is 1.83. The van der Waals surface area contributed by atoms with Gasteiger partial charge in [-0.3, -0.25) is 4.57 Å². The predicted molar refractivity (Wildman–Crippen MR) is 28.8 cm³/mol. The fourth-order valence-corrected chi connectivity index (χ4v) is 0. The van der Waals surface area contributed by atoms with Gasteiger partial charge in [-0.1, -0.05) is 0 Å². The van der Waals surface area contributed by atoms with Crippen LogP contribution in [0.2, 0.25) is 0 Å². The molecule has 0 aliphatic rings. The molecule has 0 aromatic rings. The number of rotatable bonds is 0. The van der Waals surface area contributed by atoms with E-state index in [2.05, 4.69) is 0 Å². The van der Waals surface area contributed by atoms with Crippen molar-refractivity contribution in [1.82, 2.24) is 0 Å². The molecule has 0 spiro atoms. The van der Waals surface area contributed by atoms with Gasteiger partial charge in [-0.25, -0.2) is 0 Å². The second-order valence-corrected chi connectivity index (χ2v) is 3.88. The van der Waals surface area contributed by atoms with Crippen LogP contribution in [0.15, 0.2) is 0 Å². The second kappa shape index (κ2) is 3.78. The van der Waals surface area contributed by atoms with Crippen molar-refractivity contribution in [2.24, 2.45) is 0 Å². The first-order valence-corrected chi connectivity index (χ1v) is 3.83. The summed E-state index contributed by atoms with van der Waals surface area (Å²) in [5.74, 6) is 0. The van der Waals surface area contributed by atoms with E-state index in [1.54, 1.807) is 0 Å². The summed E-state index contributed by atoms with van der Waals surface area (Å²) < 4.78 is 9.77. The molecule has 0 aromatic heterocycles. The summed E-state index contributed by atoms with van der Waals surface area (Å²) in [4.78, 5) is 8.08. The summed E-state index contributed by atoms with van der Waals surface area (Å²) in [5.41, 5.74) is 0. The van der Waals surface area contributed by atoms with Gasteiger partial charge in [-0.2, -0.15) is 0 Å². The van der Waals surface area contributed by atoms with Gasteiger partial charge in [0.2, 0.25) is 0 Å². The van der Waals surface area contributed by atoms with Gasteiger partial charge in [0.25, 0.3) is 0 Å². The van der Waals surface area contributed by atoms with Crippen LogP contribution in [0.25, 0.3) is 0 Å². The summed E-state index contributed by atoms with van der Waals surface area (Å²) in [6.07, 6.45) is 0. The van der Waals surface area contributed by atoms with Crippen molar-refractivity contribution in [2.45, 2.75) is 0 Å². The molecule has 4 heteroatoms. The zero-order valence-corrected chi connectivity index (χ0v) is 4.20. The van der Waals surface area contributed by atoms with Gasteiger partial charge in [-0.05, 0) is 0 Å². The molecule has 0 fully saturated rings. The Labute approximate surface area is 80.2 Å². The van der Waals surface area contributed by atoms with Crippen LogP contribution in [0.3, 0.4) is 0 Å². The van der Waals surface area contributed by atoms with Crippen molar-refractivity contribution >= 4 is 58.8 Å². The molecule has 2 nitrogen and oxygen atoms in total. The third-order valence-corrected chi connectivity index (χ3v) is 0. The average molecular weight is 134 g/mol. The Balaban J connectivity index is 0. The fraction of sp³-hybridized carbons (Fsp3) is 1.00. The second-order valence-electron chi connectivity index (χ2n) is 1.29. The molecule has 6 heavy (non-hydrogen) atoms. The van der Waals surface area contributed by atoms with Crippen LogP contribution in [0.4, 0.5) is 0 Å². The monoisotopic (exact) mass is 134 g/mol. The first-order valence-electron chi connectivity index (χ1n) is 1.28. The van der Waals surface area contributed by atoms with E-state index in [1.165, 1.54) is 13.3 Å². The van der Waals surface area contributed by atoms with Crippen LogP contribution < -0.4 is 0 Å². The maximum atomic E-state index is 9.77. The molecular formula is C2H8KO2P. The third-order valence-electron chi connectivity index (χ3n) is 0. The molecule has 0 bridgehead atoms. The van der Waals surface area contributed by atoms with E-state index in [4.69, 9.17) is 4.89 Å². The van der Waals surface area contributed by atoms with E-state index >= 15 is 0 Å². The van der Waals surface area contributed by atoms with Crippen molar-refractivity contribution in [2.75, 3.05) is 13.3 Å². The minimum atomic E-state index is -2.64. The number of hydrogen-bond acceptors (Lipinski definition) is 1. The third kappa shape index (κ3) is 40.7. The molecule has 0 unspecified atom stereocenters. The van der Waals surface area contributed by atoms with Crippen LogP contribution in [-0.2, 0) is 4.57 Å². The molecule has 0 saturated carbocycles. The molecule has 0 radical (unpaired) electrons. The van der Waals surface area contributed by atoms with E-state index in [1.807, 2.05) is 0 Å². The molecular weight excluding hydrogens is 126 g/mol. The summed E-state index contributed by atoms with van der Waals surface area (Å²) in [5, 5.41) is 0. The van der Waals surface area contributed by atoms with Crippen LogP contribution in [0.5, 0.6) is 0 Å². The van der Waals surface area contributed by atoms with E-state index in [-0.39, 0.29) is 51.4 Å². The van der Waals surface area contributed by atoms with Crippen LogP contribution >= 0.6 is 7.37 Å². The molecule has 0 saturated heterocycles. The van der Waals surface area contributed by atoms with Gasteiger partial charge in [0, 0.05) is 13.3 Å². The first-order chi connectivity index (χ1) is 2.00. The van der Waals surface area contributed by atoms with E-state index < -0.39 is 7.37 Å². The Morgan fingerprint density at radius 3 is 1.50 bits per heavy atom. The van der Waals surface area contributed by atoms with Gasteiger partial charge in [0.15, 0.2) is 7.37 Å². The summed E-state index contributed by atoms with van der Waals surface area (Å²) >= 11 is 0. The molecule has 0 atom stereocenters. The van der Waals surface area contributed by atoms with Gasteiger partial charge in [0.1, 0.15) is 0 Å². The van der Waals surface area contributed by atoms with Gasteiger partial charge >= 0.3 is 51.4 Å². The zero-order chi connectivity index (χ0) is 4.50. The normalized spacial score (nSPS) is 9.83. The number of hydrogen-bond donors (Lipinski definition) is 1. The summed E-state index contributed by atoms with van der Waals surface area (Å²) in [7, 11) is -2.64. The van der Waals surface area contributed by atoms with Gasteiger partial charge in [0.05, 0.1) is 0 Å². The summed E-state index contributed by atoms with van der Waals surface area (Å²) in [6.45, 7) is 2.60. The topological polar surface area (TPSA) is 37.3 Å². The molecule has 0 aromatic carbocycles. The maximum absolute atomic E-state index is 9.77. The molecule has 0 aliphatic heterocycles. The predicted octanol–water partition coefficient (Wildman–Crippen LogP) is -0.132. The molecule has 0 heterocycles. The van der Waals surface area contributed by atoms with Crippen LogP contribution in [-0.4, -0.2) is 69.6 Å². The van der Waals surface area contributed by atoms with Gasteiger partial charge < -0.3 is 4.89 Å². The zero-order valence-electron chi connectivity index (χ0n) is 3.30. The quantitative estimate of drug-likeness (QED) is 0.370. The SMILES string of the molecule is CP(C)(=O)O.[KH]. The summed E-state index contributed by atoms with van der Waals surface area (Å²) in [6, 6.07) is 0. The Bertz CT molecular complexity index is 57.7. The standard InChI is InChI=1S/C2H7O2P.K.H/c1-5(2,3)4;;/h1-2H3,(H,3,4);;. The Kier molecular flexibility index (Phi) is 6.77. The van der Waals surface area contributed by atoms with E-state index in [9.17, 15) is 4.57 Å². The van der Waals surface area contributed by atoms with Crippen LogP contribution in [0.1, 0.15) is 0 Å². The van der Waals surface area contributed by atoms with Crippen molar-refractivity contribution in [3.8, 4) is 0 Å². The minimum absolute atomic E-state index is 0. The van der Waals surface area contributed by atoms with Crippen LogP contribution in [0, 0.1) is 0 Å². The van der Waals surface area contributed by atoms with Crippen molar-refractivity contribution in [3.63, 3.8) is 0 Å². The van der Waals surface area contributed by atoms with Crippen molar-refractivity contribution in [1.29, 1.82) is 0 Å². The van der Waals surface area contributed by atoms with E-state index in [0.29, 0.717) is 0 Å². The van der Waals surface area contributed by atoms with Gasteiger partial charge in [-0.15, -0.1) is 0 Å². The Morgan fingerprint density at radius 1 is 1.50 bits per heavy atom. The van der Waals surface area contributed by atoms with E-state index in [0.717, 1.165) is 0 Å². The molecule has 0 amide bonds.